The van der Waals surface area contributed by atoms with Gasteiger partial charge in [0.25, 0.3) is 0 Å². The molecule has 0 spiro atoms. The molecule has 7 heteroatoms. The fourth-order valence-corrected chi connectivity index (χ4v) is 2.22. The summed E-state index contributed by atoms with van der Waals surface area (Å²) >= 11 is 0. The van der Waals surface area contributed by atoms with Gasteiger partial charge in [0.2, 0.25) is 0 Å². The molecule has 104 valence electrons. The number of amides is 2. The molecule has 0 aliphatic carbocycles. The Morgan fingerprint density at radius 1 is 1.53 bits per heavy atom. The third-order valence-electron chi connectivity index (χ3n) is 3.25. The number of rotatable bonds is 4. The Bertz CT molecular complexity index is 491. The Kier molecular flexibility index (Phi) is 3.73. The van der Waals surface area contributed by atoms with E-state index in [9.17, 15) is 9.59 Å². The molecule has 2 N–H and O–H groups in total. The van der Waals surface area contributed by atoms with Gasteiger partial charge in [-0.3, -0.25) is 9.48 Å². The summed E-state index contributed by atoms with van der Waals surface area (Å²) in [7, 11) is 1.84. The molecule has 2 rings (SSSR count). The monoisotopic (exact) mass is 266 g/mol. The van der Waals surface area contributed by atoms with E-state index in [2.05, 4.69) is 10.4 Å². The SMILES string of the molecule is Cc1nn(C)cc1CNC(=O)N1CC(CC(=O)O)C1. The number of aromatic nitrogens is 2. The number of hydrogen-bond donors (Lipinski definition) is 2. The van der Waals surface area contributed by atoms with E-state index >= 15 is 0 Å². The number of likely N-dealkylation sites (tertiary alicyclic amines) is 1. The number of nitrogens with zero attached hydrogens (tertiary/aromatic N) is 3. The van der Waals surface area contributed by atoms with Crippen molar-refractivity contribution in [2.75, 3.05) is 13.1 Å². The van der Waals surface area contributed by atoms with Crippen LogP contribution in [0.5, 0.6) is 0 Å². The summed E-state index contributed by atoms with van der Waals surface area (Å²) in [6.45, 7) is 3.38. The number of carboxylic acid groups (broad SMARTS) is 1. The van der Waals surface area contributed by atoms with Gasteiger partial charge in [-0.1, -0.05) is 0 Å². The van der Waals surface area contributed by atoms with Crippen LogP contribution in [-0.2, 0) is 18.4 Å². The summed E-state index contributed by atoms with van der Waals surface area (Å²) < 4.78 is 1.71. The molecule has 0 atom stereocenters. The Morgan fingerprint density at radius 3 is 2.74 bits per heavy atom. The normalized spacial score (nSPS) is 15.2. The highest BCUT2D eigenvalue weighted by molar-refractivity contribution is 5.75. The van der Waals surface area contributed by atoms with Gasteiger partial charge in [0, 0.05) is 44.4 Å². The van der Waals surface area contributed by atoms with Crippen LogP contribution in [0.4, 0.5) is 4.79 Å². The molecule has 1 aliphatic heterocycles. The van der Waals surface area contributed by atoms with E-state index in [4.69, 9.17) is 5.11 Å². The van der Waals surface area contributed by atoms with Crippen molar-refractivity contribution < 1.29 is 14.7 Å². The van der Waals surface area contributed by atoms with E-state index in [1.165, 1.54) is 0 Å². The minimum absolute atomic E-state index is 0.0865. The molecule has 1 saturated heterocycles. The first-order valence-electron chi connectivity index (χ1n) is 6.19. The van der Waals surface area contributed by atoms with Crippen molar-refractivity contribution in [3.63, 3.8) is 0 Å². The summed E-state index contributed by atoms with van der Waals surface area (Å²) in [5.41, 5.74) is 1.88. The lowest BCUT2D eigenvalue weighted by Gasteiger charge is -2.38. The van der Waals surface area contributed by atoms with Crippen LogP contribution in [0.3, 0.4) is 0 Å². The minimum Gasteiger partial charge on any atom is -0.481 e. The molecule has 1 aliphatic rings. The standard InChI is InChI=1S/C12H18N4O3/c1-8-10(7-15(2)14-8)4-13-12(19)16-5-9(6-16)3-11(17)18/h7,9H,3-6H2,1-2H3,(H,13,19)(H,17,18). The molecule has 0 aromatic carbocycles. The van der Waals surface area contributed by atoms with E-state index in [-0.39, 0.29) is 18.4 Å². The molecule has 0 bridgehead atoms. The van der Waals surface area contributed by atoms with Crippen molar-refractivity contribution >= 4 is 12.0 Å². The smallest absolute Gasteiger partial charge is 0.317 e. The molecule has 1 aromatic heterocycles. The fourth-order valence-electron chi connectivity index (χ4n) is 2.22. The Balaban J connectivity index is 1.74. The molecule has 0 radical (unpaired) electrons. The van der Waals surface area contributed by atoms with Crippen LogP contribution in [-0.4, -0.2) is 44.9 Å². The van der Waals surface area contributed by atoms with Gasteiger partial charge in [-0.15, -0.1) is 0 Å². The molecule has 1 aromatic rings. The first-order chi connectivity index (χ1) is 8.95. The van der Waals surface area contributed by atoms with Crippen LogP contribution in [0.1, 0.15) is 17.7 Å². The van der Waals surface area contributed by atoms with Crippen molar-refractivity contribution in [2.45, 2.75) is 19.9 Å². The van der Waals surface area contributed by atoms with E-state index in [1.807, 2.05) is 20.2 Å². The third kappa shape index (κ3) is 3.24. The Hall–Kier alpha value is -2.05. The van der Waals surface area contributed by atoms with Crippen molar-refractivity contribution in [2.24, 2.45) is 13.0 Å². The second kappa shape index (κ2) is 5.29. The summed E-state index contributed by atoms with van der Waals surface area (Å²) in [6.07, 6.45) is 2.00. The number of carbonyl (C=O) groups excluding carboxylic acids is 1. The first kappa shape index (κ1) is 13.4. The van der Waals surface area contributed by atoms with Crippen LogP contribution in [0, 0.1) is 12.8 Å². The number of carbonyl (C=O) groups is 2. The fraction of sp³-hybridized carbons (Fsp3) is 0.583. The predicted octanol–water partition coefficient (Wildman–Crippen LogP) is 0.345. The molecular formula is C12H18N4O3. The molecule has 2 heterocycles. The maximum atomic E-state index is 11.8. The van der Waals surface area contributed by atoms with Gasteiger partial charge >= 0.3 is 12.0 Å². The molecule has 1 fully saturated rings. The van der Waals surface area contributed by atoms with Gasteiger partial charge in [0.1, 0.15) is 0 Å². The van der Waals surface area contributed by atoms with E-state index in [0.717, 1.165) is 11.3 Å². The summed E-state index contributed by atoms with van der Waals surface area (Å²) in [5.74, 6) is -0.723. The van der Waals surface area contributed by atoms with E-state index < -0.39 is 5.97 Å². The van der Waals surface area contributed by atoms with Gasteiger partial charge in [-0.2, -0.15) is 5.10 Å². The van der Waals surface area contributed by atoms with Crippen LogP contribution in [0.2, 0.25) is 0 Å². The summed E-state index contributed by atoms with van der Waals surface area (Å²) in [4.78, 5) is 23.9. The van der Waals surface area contributed by atoms with Gasteiger partial charge in [-0.05, 0) is 6.92 Å². The van der Waals surface area contributed by atoms with E-state index in [1.54, 1.807) is 9.58 Å². The van der Waals surface area contributed by atoms with Crippen LogP contribution < -0.4 is 5.32 Å². The Morgan fingerprint density at radius 2 is 2.21 bits per heavy atom. The van der Waals surface area contributed by atoms with Crippen molar-refractivity contribution in [3.8, 4) is 0 Å². The molecule has 0 saturated carbocycles. The lowest BCUT2D eigenvalue weighted by atomic mass is 9.97. The average molecular weight is 266 g/mol. The number of aliphatic carboxylic acids is 1. The zero-order chi connectivity index (χ0) is 14.0. The number of aryl methyl sites for hydroxylation is 2. The highest BCUT2D eigenvalue weighted by atomic mass is 16.4. The number of urea groups is 1. The minimum atomic E-state index is -0.809. The highest BCUT2D eigenvalue weighted by Gasteiger charge is 2.31. The summed E-state index contributed by atoms with van der Waals surface area (Å²) in [5, 5.41) is 15.6. The lowest BCUT2D eigenvalue weighted by molar-refractivity contribution is -0.139. The van der Waals surface area contributed by atoms with Gasteiger partial charge in [-0.25, -0.2) is 4.79 Å². The largest absolute Gasteiger partial charge is 0.481 e. The number of hydrogen-bond acceptors (Lipinski definition) is 3. The van der Waals surface area contributed by atoms with Crippen molar-refractivity contribution in [3.05, 3.63) is 17.5 Å². The number of nitrogens with one attached hydrogen (secondary N) is 1. The zero-order valence-corrected chi connectivity index (χ0v) is 11.1. The highest BCUT2D eigenvalue weighted by Crippen LogP contribution is 2.18. The zero-order valence-electron chi connectivity index (χ0n) is 11.1. The van der Waals surface area contributed by atoms with Crippen LogP contribution in [0.25, 0.3) is 0 Å². The summed E-state index contributed by atoms with van der Waals surface area (Å²) in [6, 6.07) is -0.148. The van der Waals surface area contributed by atoms with Crippen molar-refractivity contribution in [1.29, 1.82) is 0 Å². The number of carboxylic acids is 1. The Labute approximate surface area is 111 Å². The predicted molar refractivity (Wildman–Crippen MR) is 67.5 cm³/mol. The first-order valence-corrected chi connectivity index (χ1v) is 6.19. The lowest BCUT2D eigenvalue weighted by Crippen LogP contribution is -2.54. The van der Waals surface area contributed by atoms with Gasteiger partial charge in [0.15, 0.2) is 0 Å². The molecular weight excluding hydrogens is 248 g/mol. The molecule has 0 unspecified atom stereocenters. The van der Waals surface area contributed by atoms with Crippen molar-refractivity contribution in [1.82, 2.24) is 20.0 Å². The second-order valence-electron chi connectivity index (χ2n) is 4.94. The van der Waals surface area contributed by atoms with Crippen LogP contribution >= 0.6 is 0 Å². The quantitative estimate of drug-likeness (QED) is 0.823. The average Bonchev–Trinajstić information content (AvgIpc) is 2.58. The van der Waals surface area contributed by atoms with Crippen LogP contribution in [0.15, 0.2) is 6.20 Å². The molecule has 19 heavy (non-hydrogen) atoms. The van der Waals surface area contributed by atoms with Gasteiger partial charge < -0.3 is 15.3 Å². The van der Waals surface area contributed by atoms with Gasteiger partial charge in [0.05, 0.1) is 12.1 Å². The molecule has 2 amide bonds. The maximum absolute atomic E-state index is 11.8. The topological polar surface area (TPSA) is 87.5 Å². The van der Waals surface area contributed by atoms with E-state index in [0.29, 0.717) is 19.6 Å². The second-order valence-corrected chi connectivity index (χ2v) is 4.94. The third-order valence-corrected chi connectivity index (χ3v) is 3.25. The molecule has 7 nitrogen and oxygen atoms in total. The maximum Gasteiger partial charge on any atom is 0.317 e.